The minimum Gasteiger partial charge on any atom is -0.353 e. The van der Waals surface area contributed by atoms with E-state index in [9.17, 15) is 4.79 Å². The summed E-state index contributed by atoms with van der Waals surface area (Å²) in [6.45, 7) is 14.7. The molecule has 0 spiro atoms. The normalized spacial score (nSPS) is 16.3. The Morgan fingerprint density at radius 2 is 1.67 bits per heavy atom. The van der Waals surface area contributed by atoms with Gasteiger partial charge in [-0.25, -0.2) is 0 Å². The van der Waals surface area contributed by atoms with Gasteiger partial charge in [0.2, 0.25) is 5.91 Å². The quantitative estimate of drug-likeness (QED) is 0.763. The van der Waals surface area contributed by atoms with Gasteiger partial charge in [-0.3, -0.25) is 4.79 Å². The zero-order valence-corrected chi connectivity index (χ0v) is 11.3. The van der Waals surface area contributed by atoms with Crippen LogP contribution in [0.4, 0.5) is 0 Å². The number of hydrogen-bond donors (Lipinski definition) is 1. The monoisotopic (exact) mass is 213 g/mol. The van der Waals surface area contributed by atoms with Gasteiger partial charge in [-0.15, -0.1) is 0 Å². The summed E-state index contributed by atoms with van der Waals surface area (Å²) in [6.07, 6.45) is 1.00. The Balaban J connectivity index is 4.36. The minimum absolute atomic E-state index is 0.0410. The van der Waals surface area contributed by atoms with E-state index in [1.165, 1.54) is 0 Å². The summed E-state index contributed by atoms with van der Waals surface area (Å²) in [7, 11) is 0. The van der Waals surface area contributed by atoms with Crippen LogP contribution in [0.5, 0.6) is 0 Å². The van der Waals surface area contributed by atoms with Gasteiger partial charge in [-0.1, -0.05) is 48.5 Å². The fourth-order valence-corrected chi connectivity index (χ4v) is 1.44. The van der Waals surface area contributed by atoms with Crippen LogP contribution in [0, 0.1) is 17.3 Å². The number of carbonyl (C=O) groups excluding carboxylic acids is 1. The highest BCUT2D eigenvalue weighted by Crippen LogP contribution is 2.25. The van der Waals surface area contributed by atoms with E-state index in [-0.39, 0.29) is 17.2 Å². The lowest BCUT2D eigenvalue weighted by Gasteiger charge is -2.29. The summed E-state index contributed by atoms with van der Waals surface area (Å²) in [5.41, 5.74) is 0.0410. The summed E-state index contributed by atoms with van der Waals surface area (Å²) < 4.78 is 0. The van der Waals surface area contributed by atoms with Gasteiger partial charge in [0.1, 0.15) is 0 Å². The Kier molecular flexibility index (Phi) is 5.33. The molecule has 0 unspecified atom stereocenters. The van der Waals surface area contributed by atoms with Crippen molar-refractivity contribution < 1.29 is 4.79 Å². The lowest BCUT2D eigenvalue weighted by Crippen LogP contribution is -2.43. The zero-order chi connectivity index (χ0) is 12.2. The first-order chi connectivity index (χ1) is 6.70. The minimum atomic E-state index is 0.0410. The molecule has 0 bridgehead atoms. The Labute approximate surface area is 94.8 Å². The number of nitrogens with one attached hydrogen (secondary N) is 1. The highest BCUT2D eigenvalue weighted by molar-refractivity contribution is 5.79. The van der Waals surface area contributed by atoms with Gasteiger partial charge in [0, 0.05) is 12.0 Å². The van der Waals surface area contributed by atoms with Crippen LogP contribution in [0.2, 0.25) is 0 Å². The molecule has 2 atom stereocenters. The standard InChI is InChI=1S/C13H27NO/c1-8-11(9(2)3)14-12(15)10(4)13(5,6)7/h9-11H,8H2,1-7H3,(H,14,15)/t10-,11-/m1/s1. The van der Waals surface area contributed by atoms with E-state index in [0.717, 1.165) is 6.42 Å². The summed E-state index contributed by atoms with van der Waals surface area (Å²) in [4.78, 5) is 12.0. The van der Waals surface area contributed by atoms with Crippen molar-refractivity contribution >= 4 is 5.91 Å². The predicted octanol–water partition coefficient (Wildman–Crippen LogP) is 3.22. The molecule has 15 heavy (non-hydrogen) atoms. The molecule has 0 aromatic carbocycles. The molecule has 0 aliphatic rings. The summed E-state index contributed by atoms with van der Waals surface area (Å²) >= 11 is 0. The molecule has 1 amide bonds. The number of hydrogen-bond acceptors (Lipinski definition) is 1. The lowest BCUT2D eigenvalue weighted by atomic mass is 9.81. The van der Waals surface area contributed by atoms with Crippen LogP contribution in [0.15, 0.2) is 0 Å². The molecule has 0 heterocycles. The predicted molar refractivity (Wildman–Crippen MR) is 65.7 cm³/mol. The third-order valence-corrected chi connectivity index (χ3v) is 3.26. The molecule has 1 N–H and O–H groups in total. The second-order valence-electron chi connectivity index (χ2n) is 5.86. The van der Waals surface area contributed by atoms with Gasteiger partial charge >= 0.3 is 0 Å². The van der Waals surface area contributed by atoms with Crippen LogP contribution >= 0.6 is 0 Å². The van der Waals surface area contributed by atoms with Crippen molar-refractivity contribution in [2.24, 2.45) is 17.3 Å². The third-order valence-electron chi connectivity index (χ3n) is 3.26. The molecule has 2 heteroatoms. The topological polar surface area (TPSA) is 29.1 Å². The average Bonchev–Trinajstić information content (AvgIpc) is 2.10. The van der Waals surface area contributed by atoms with Crippen molar-refractivity contribution in [2.45, 2.75) is 60.9 Å². The Morgan fingerprint density at radius 1 is 1.20 bits per heavy atom. The second kappa shape index (κ2) is 5.53. The lowest BCUT2D eigenvalue weighted by molar-refractivity contribution is -0.128. The van der Waals surface area contributed by atoms with E-state index in [0.29, 0.717) is 12.0 Å². The van der Waals surface area contributed by atoms with E-state index in [1.54, 1.807) is 0 Å². The van der Waals surface area contributed by atoms with E-state index in [2.05, 4.69) is 46.9 Å². The third kappa shape index (κ3) is 4.67. The van der Waals surface area contributed by atoms with Crippen LogP contribution in [0.1, 0.15) is 54.9 Å². The van der Waals surface area contributed by atoms with Crippen molar-refractivity contribution in [3.63, 3.8) is 0 Å². The largest absolute Gasteiger partial charge is 0.353 e. The second-order valence-corrected chi connectivity index (χ2v) is 5.86. The van der Waals surface area contributed by atoms with Crippen LogP contribution in [0.25, 0.3) is 0 Å². The Bertz CT molecular complexity index is 203. The molecular formula is C13H27NO. The molecule has 90 valence electrons. The number of carbonyl (C=O) groups is 1. The first-order valence-electron chi connectivity index (χ1n) is 6.00. The van der Waals surface area contributed by atoms with Crippen LogP contribution < -0.4 is 5.32 Å². The van der Waals surface area contributed by atoms with Crippen molar-refractivity contribution in [1.82, 2.24) is 5.32 Å². The van der Waals surface area contributed by atoms with Crippen molar-refractivity contribution in [3.8, 4) is 0 Å². The molecule has 0 radical (unpaired) electrons. The van der Waals surface area contributed by atoms with Crippen LogP contribution in [-0.4, -0.2) is 11.9 Å². The van der Waals surface area contributed by atoms with Crippen LogP contribution in [0.3, 0.4) is 0 Å². The van der Waals surface area contributed by atoms with Gasteiger partial charge in [0.05, 0.1) is 0 Å². The fourth-order valence-electron chi connectivity index (χ4n) is 1.44. The smallest absolute Gasteiger partial charge is 0.223 e. The molecule has 0 aliphatic heterocycles. The molecule has 0 fully saturated rings. The van der Waals surface area contributed by atoms with E-state index >= 15 is 0 Å². The maximum Gasteiger partial charge on any atom is 0.223 e. The first-order valence-corrected chi connectivity index (χ1v) is 6.00. The van der Waals surface area contributed by atoms with Crippen molar-refractivity contribution in [1.29, 1.82) is 0 Å². The van der Waals surface area contributed by atoms with Crippen molar-refractivity contribution in [3.05, 3.63) is 0 Å². The van der Waals surface area contributed by atoms with E-state index in [4.69, 9.17) is 0 Å². The van der Waals surface area contributed by atoms with Gasteiger partial charge < -0.3 is 5.32 Å². The van der Waals surface area contributed by atoms with Gasteiger partial charge in [-0.2, -0.15) is 0 Å². The molecular weight excluding hydrogens is 186 g/mol. The fraction of sp³-hybridized carbons (Fsp3) is 0.923. The van der Waals surface area contributed by atoms with E-state index < -0.39 is 0 Å². The summed E-state index contributed by atoms with van der Waals surface area (Å²) in [5.74, 6) is 0.750. The summed E-state index contributed by atoms with van der Waals surface area (Å²) in [5, 5.41) is 3.13. The Morgan fingerprint density at radius 3 is 1.93 bits per heavy atom. The van der Waals surface area contributed by atoms with Crippen molar-refractivity contribution in [2.75, 3.05) is 0 Å². The van der Waals surface area contributed by atoms with E-state index in [1.807, 2.05) is 6.92 Å². The molecule has 0 saturated carbocycles. The average molecular weight is 213 g/mol. The summed E-state index contributed by atoms with van der Waals surface area (Å²) in [6, 6.07) is 0.308. The zero-order valence-electron chi connectivity index (χ0n) is 11.3. The molecule has 0 aromatic rings. The molecule has 0 rings (SSSR count). The number of amides is 1. The highest BCUT2D eigenvalue weighted by atomic mass is 16.1. The SMILES string of the molecule is CC[C@@H](NC(=O)[C@@H](C)C(C)(C)C)C(C)C. The van der Waals surface area contributed by atoms with Crippen LogP contribution in [-0.2, 0) is 4.79 Å². The first kappa shape index (κ1) is 14.5. The highest BCUT2D eigenvalue weighted by Gasteiger charge is 2.28. The molecule has 2 nitrogen and oxygen atoms in total. The van der Waals surface area contributed by atoms with Gasteiger partial charge in [-0.05, 0) is 17.8 Å². The van der Waals surface area contributed by atoms with Gasteiger partial charge in [0.15, 0.2) is 0 Å². The molecule has 0 saturated heterocycles. The van der Waals surface area contributed by atoms with Gasteiger partial charge in [0.25, 0.3) is 0 Å². The maximum absolute atomic E-state index is 12.0. The molecule has 0 aromatic heterocycles. The maximum atomic E-state index is 12.0. The number of rotatable bonds is 4. The Hall–Kier alpha value is -0.530. The molecule has 0 aliphatic carbocycles.